The van der Waals surface area contributed by atoms with Gasteiger partial charge < -0.3 is 15.5 Å². The van der Waals surface area contributed by atoms with Crippen molar-refractivity contribution in [3.63, 3.8) is 0 Å². The lowest BCUT2D eigenvalue weighted by Crippen LogP contribution is -2.47. The van der Waals surface area contributed by atoms with Gasteiger partial charge in [0.1, 0.15) is 0 Å². The summed E-state index contributed by atoms with van der Waals surface area (Å²) >= 11 is 0. The molecule has 0 saturated carbocycles. The summed E-state index contributed by atoms with van der Waals surface area (Å²) in [6, 6.07) is 7.22. The number of aliphatic carboxylic acids is 1. The first-order chi connectivity index (χ1) is 9.50. The molecular weight excluding hydrogens is 260 g/mol. The molecule has 0 fully saturated rings. The van der Waals surface area contributed by atoms with Crippen molar-refractivity contribution in [2.24, 2.45) is 0 Å². The lowest BCUT2D eigenvalue weighted by Gasteiger charge is -2.17. The number of nitrogens with zero attached hydrogens (tertiary/aromatic N) is 1. The van der Waals surface area contributed by atoms with Crippen molar-refractivity contribution in [1.82, 2.24) is 10.3 Å². The van der Waals surface area contributed by atoms with Gasteiger partial charge in [-0.25, -0.2) is 4.79 Å². The number of hydrogen-bond donors (Lipinski definition) is 3. The van der Waals surface area contributed by atoms with E-state index in [1.165, 1.54) is 19.2 Å². The van der Waals surface area contributed by atoms with Crippen molar-refractivity contribution in [2.45, 2.75) is 19.1 Å². The molecule has 0 radical (unpaired) electrons. The summed E-state index contributed by atoms with van der Waals surface area (Å²) in [4.78, 5) is 27.3. The number of carboxylic acids is 1. The van der Waals surface area contributed by atoms with Gasteiger partial charge in [-0.15, -0.1) is 0 Å². The van der Waals surface area contributed by atoms with Crippen LogP contribution in [0.15, 0.2) is 36.5 Å². The van der Waals surface area contributed by atoms with E-state index in [0.717, 1.165) is 0 Å². The highest BCUT2D eigenvalue weighted by atomic mass is 16.4. The highest BCUT2D eigenvalue weighted by Crippen LogP contribution is 2.16. The number of rotatable bonds is 4. The van der Waals surface area contributed by atoms with Gasteiger partial charge in [0.25, 0.3) is 5.91 Å². The average Bonchev–Trinajstić information content (AvgIpc) is 2.43. The minimum atomic E-state index is -1.35. The molecule has 1 heterocycles. The lowest BCUT2D eigenvalue weighted by atomic mass is 10.1. The van der Waals surface area contributed by atoms with Crippen LogP contribution in [0.1, 0.15) is 17.3 Å². The van der Waals surface area contributed by atoms with Crippen LogP contribution >= 0.6 is 0 Å². The Morgan fingerprint density at radius 3 is 2.60 bits per heavy atom. The third-order valence-corrected chi connectivity index (χ3v) is 2.93. The molecule has 1 aromatic heterocycles. The molecule has 1 amide bonds. The van der Waals surface area contributed by atoms with Gasteiger partial charge in [0.2, 0.25) is 0 Å². The maximum Gasteiger partial charge on any atom is 0.328 e. The Kier molecular flexibility index (Phi) is 3.95. The molecule has 0 aliphatic carbocycles. The SMILES string of the molecule is C[C@@H](O)[C@H](NC(=O)c1ccnc2ccccc12)C(=O)O. The molecule has 2 rings (SSSR count). The van der Waals surface area contributed by atoms with Crippen molar-refractivity contribution in [3.05, 3.63) is 42.1 Å². The quantitative estimate of drug-likeness (QED) is 0.765. The Labute approximate surface area is 115 Å². The number of pyridine rings is 1. The Bertz CT molecular complexity index is 649. The van der Waals surface area contributed by atoms with E-state index >= 15 is 0 Å². The molecule has 6 nitrogen and oxygen atoms in total. The number of aliphatic hydroxyl groups excluding tert-OH is 1. The van der Waals surface area contributed by atoms with Crippen LogP contribution in [0, 0.1) is 0 Å². The zero-order valence-corrected chi connectivity index (χ0v) is 10.8. The van der Waals surface area contributed by atoms with Gasteiger partial charge >= 0.3 is 5.97 Å². The van der Waals surface area contributed by atoms with E-state index < -0.39 is 24.0 Å². The highest BCUT2D eigenvalue weighted by Gasteiger charge is 2.26. The molecule has 20 heavy (non-hydrogen) atoms. The zero-order valence-electron chi connectivity index (χ0n) is 10.8. The van der Waals surface area contributed by atoms with Crippen LogP contribution in [-0.4, -0.2) is 39.2 Å². The summed E-state index contributed by atoms with van der Waals surface area (Å²) < 4.78 is 0. The van der Waals surface area contributed by atoms with E-state index in [9.17, 15) is 14.7 Å². The van der Waals surface area contributed by atoms with E-state index in [1.54, 1.807) is 24.3 Å². The Morgan fingerprint density at radius 2 is 1.95 bits per heavy atom. The van der Waals surface area contributed by atoms with Crippen molar-refractivity contribution in [3.8, 4) is 0 Å². The number of carboxylic acid groups (broad SMARTS) is 1. The number of carbonyl (C=O) groups excluding carboxylic acids is 1. The Hall–Kier alpha value is -2.47. The summed E-state index contributed by atoms with van der Waals surface area (Å²) in [6.45, 7) is 1.31. The standard InChI is InChI=1S/C14H14N2O4/c1-8(17)12(14(19)20)16-13(18)10-6-7-15-11-5-3-2-4-9(10)11/h2-8,12,17H,1H3,(H,16,18)(H,19,20)/t8-,12+/m1/s1. The molecule has 0 saturated heterocycles. The van der Waals surface area contributed by atoms with E-state index in [-0.39, 0.29) is 0 Å². The van der Waals surface area contributed by atoms with Gasteiger partial charge in [0.15, 0.2) is 6.04 Å². The second kappa shape index (κ2) is 5.66. The van der Waals surface area contributed by atoms with Gasteiger partial charge in [-0.2, -0.15) is 0 Å². The Morgan fingerprint density at radius 1 is 1.25 bits per heavy atom. The number of amides is 1. The number of para-hydroxylation sites is 1. The largest absolute Gasteiger partial charge is 0.480 e. The van der Waals surface area contributed by atoms with Crippen molar-refractivity contribution < 1.29 is 19.8 Å². The molecule has 3 N–H and O–H groups in total. The second-order valence-corrected chi connectivity index (χ2v) is 4.41. The van der Waals surface area contributed by atoms with Gasteiger partial charge in [-0.1, -0.05) is 18.2 Å². The molecule has 1 aromatic carbocycles. The van der Waals surface area contributed by atoms with Gasteiger partial charge in [0.05, 0.1) is 17.2 Å². The second-order valence-electron chi connectivity index (χ2n) is 4.41. The highest BCUT2D eigenvalue weighted by molar-refractivity contribution is 6.06. The molecule has 0 aliphatic heterocycles. The van der Waals surface area contributed by atoms with Crippen LogP contribution < -0.4 is 5.32 Å². The maximum atomic E-state index is 12.2. The average molecular weight is 274 g/mol. The molecular formula is C14H14N2O4. The number of carbonyl (C=O) groups is 2. The molecule has 2 aromatic rings. The van der Waals surface area contributed by atoms with Crippen LogP contribution in [0.2, 0.25) is 0 Å². The number of aromatic nitrogens is 1. The van der Waals surface area contributed by atoms with Crippen molar-refractivity contribution in [2.75, 3.05) is 0 Å². The summed E-state index contributed by atoms with van der Waals surface area (Å²) in [7, 11) is 0. The Balaban J connectivity index is 2.34. The van der Waals surface area contributed by atoms with Gasteiger partial charge in [-0.3, -0.25) is 9.78 Å². The monoisotopic (exact) mass is 274 g/mol. The predicted molar refractivity (Wildman–Crippen MR) is 72.3 cm³/mol. The first-order valence-electron chi connectivity index (χ1n) is 6.06. The lowest BCUT2D eigenvalue weighted by molar-refractivity contribution is -0.141. The molecule has 104 valence electrons. The third-order valence-electron chi connectivity index (χ3n) is 2.93. The summed E-state index contributed by atoms with van der Waals surface area (Å²) in [5.74, 6) is -1.84. The van der Waals surface area contributed by atoms with E-state index in [4.69, 9.17) is 5.11 Å². The molecule has 6 heteroatoms. The molecule has 0 aliphatic rings. The summed E-state index contributed by atoms with van der Waals surface area (Å²) in [5.41, 5.74) is 0.964. The number of fused-ring (bicyclic) bond motifs is 1. The molecule has 0 bridgehead atoms. The first kappa shape index (κ1) is 14.0. The van der Waals surface area contributed by atoms with Crippen LogP contribution in [0.5, 0.6) is 0 Å². The first-order valence-corrected chi connectivity index (χ1v) is 6.06. The fraction of sp³-hybridized carbons (Fsp3) is 0.214. The molecule has 0 spiro atoms. The third kappa shape index (κ3) is 2.75. The van der Waals surface area contributed by atoms with Crippen molar-refractivity contribution in [1.29, 1.82) is 0 Å². The summed E-state index contributed by atoms with van der Waals surface area (Å²) in [6.07, 6.45) is 0.291. The van der Waals surface area contributed by atoms with Crippen LogP contribution in [-0.2, 0) is 4.79 Å². The number of aliphatic hydroxyl groups is 1. The maximum absolute atomic E-state index is 12.2. The van der Waals surface area contributed by atoms with Crippen LogP contribution in [0.4, 0.5) is 0 Å². The fourth-order valence-corrected chi connectivity index (χ4v) is 1.90. The van der Waals surface area contributed by atoms with Gasteiger partial charge in [-0.05, 0) is 19.1 Å². The normalized spacial score (nSPS) is 13.7. The topological polar surface area (TPSA) is 99.5 Å². The summed E-state index contributed by atoms with van der Waals surface area (Å²) in [5, 5.41) is 21.3. The van der Waals surface area contributed by atoms with E-state index in [1.807, 2.05) is 0 Å². The number of benzene rings is 1. The molecule has 0 unspecified atom stereocenters. The smallest absolute Gasteiger partial charge is 0.328 e. The minimum absolute atomic E-state index is 0.322. The van der Waals surface area contributed by atoms with E-state index in [0.29, 0.717) is 16.5 Å². The zero-order chi connectivity index (χ0) is 14.7. The van der Waals surface area contributed by atoms with Crippen LogP contribution in [0.3, 0.4) is 0 Å². The minimum Gasteiger partial charge on any atom is -0.480 e. The van der Waals surface area contributed by atoms with Crippen LogP contribution in [0.25, 0.3) is 10.9 Å². The van der Waals surface area contributed by atoms with E-state index in [2.05, 4.69) is 10.3 Å². The number of nitrogens with one attached hydrogen (secondary N) is 1. The number of hydrogen-bond acceptors (Lipinski definition) is 4. The fourth-order valence-electron chi connectivity index (χ4n) is 1.90. The van der Waals surface area contributed by atoms with Gasteiger partial charge in [0, 0.05) is 11.6 Å². The molecule has 2 atom stereocenters. The predicted octanol–water partition coefficient (Wildman–Crippen LogP) is 0.799. The van der Waals surface area contributed by atoms with Crippen molar-refractivity contribution >= 4 is 22.8 Å².